The van der Waals surface area contributed by atoms with Crippen LogP contribution in [-0.2, 0) is 12.8 Å². The lowest BCUT2D eigenvalue weighted by Gasteiger charge is -2.22. The molecule has 1 aliphatic rings. The van der Waals surface area contributed by atoms with Crippen LogP contribution in [0.1, 0.15) is 42.4 Å². The first kappa shape index (κ1) is 13.1. The standard InChI is InChI=1S/C15H25NS/c1-3-14-8-9-15(17-14)10-13(11-16-2)12-6-4-5-7-12/h8-9,12-13,16H,3-7,10-11H2,1-2H3. The molecule has 1 aromatic rings. The van der Waals surface area contributed by atoms with Gasteiger partial charge in [0.15, 0.2) is 0 Å². The van der Waals surface area contributed by atoms with E-state index in [4.69, 9.17) is 0 Å². The third kappa shape index (κ3) is 3.56. The van der Waals surface area contributed by atoms with E-state index in [0.717, 1.165) is 11.8 Å². The largest absolute Gasteiger partial charge is 0.319 e. The summed E-state index contributed by atoms with van der Waals surface area (Å²) in [7, 11) is 2.09. The van der Waals surface area contributed by atoms with E-state index in [0.29, 0.717) is 0 Å². The molecule has 1 unspecified atom stereocenters. The molecule has 0 bridgehead atoms. The third-order valence-electron chi connectivity index (χ3n) is 4.06. The van der Waals surface area contributed by atoms with Gasteiger partial charge in [0.25, 0.3) is 0 Å². The van der Waals surface area contributed by atoms with E-state index >= 15 is 0 Å². The van der Waals surface area contributed by atoms with E-state index in [2.05, 4.69) is 31.4 Å². The summed E-state index contributed by atoms with van der Waals surface area (Å²) in [6.45, 7) is 3.43. The minimum absolute atomic E-state index is 0.853. The first-order valence-corrected chi connectivity index (χ1v) is 7.87. The first-order chi connectivity index (χ1) is 8.33. The number of nitrogens with one attached hydrogen (secondary N) is 1. The Balaban J connectivity index is 1.96. The smallest absolute Gasteiger partial charge is 0.00515 e. The number of thiophene rings is 1. The molecule has 96 valence electrons. The van der Waals surface area contributed by atoms with E-state index in [1.54, 1.807) is 4.88 Å². The highest BCUT2D eigenvalue weighted by Gasteiger charge is 2.24. The maximum Gasteiger partial charge on any atom is 0.00515 e. The van der Waals surface area contributed by atoms with Crippen molar-refractivity contribution in [2.24, 2.45) is 11.8 Å². The molecule has 2 rings (SSSR count). The monoisotopic (exact) mass is 251 g/mol. The van der Waals surface area contributed by atoms with Crippen molar-refractivity contribution in [2.75, 3.05) is 13.6 Å². The first-order valence-electron chi connectivity index (χ1n) is 7.05. The van der Waals surface area contributed by atoms with Gasteiger partial charge in [-0.2, -0.15) is 0 Å². The Morgan fingerprint density at radius 3 is 2.59 bits per heavy atom. The zero-order valence-electron chi connectivity index (χ0n) is 11.2. The summed E-state index contributed by atoms with van der Waals surface area (Å²) < 4.78 is 0. The van der Waals surface area contributed by atoms with Crippen molar-refractivity contribution in [2.45, 2.75) is 45.4 Å². The van der Waals surface area contributed by atoms with E-state index < -0.39 is 0 Å². The van der Waals surface area contributed by atoms with Crippen molar-refractivity contribution in [1.82, 2.24) is 5.32 Å². The molecule has 0 amide bonds. The zero-order chi connectivity index (χ0) is 12.1. The number of hydrogen-bond donors (Lipinski definition) is 1. The van der Waals surface area contributed by atoms with Gasteiger partial charge in [-0.25, -0.2) is 0 Å². The van der Waals surface area contributed by atoms with Crippen molar-refractivity contribution >= 4 is 11.3 Å². The van der Waals surface area contributed by atoms with Crippen LogP contribution in [-0.4, -0.2) is 13.6 Å². The lowest BCUT2D eigenvalue weighted by Crippen LogP contribution is -2.26. The van der Waals surface area contributed by atoms with Gasteiger partial charge in [0.2, 0.25) is 0 Å². The highest BCUT2D eigenvalue weighted by atomic mass is 32.1. The lowest BCUT2D eigenvalue weighted by molar-refractivity contribution is 0.330. The minimum atomic E-state index is 0.853. The zero-order valence-corrected chi connectivity index (χ0v) is 12.0. The second-order valence-corrected chi connectivity index (χ2v) is 6.54. The Labute approximate surface area is 110 Å². The van der Waals surface area contributed by atoms with Gasteiger partial charge in [-0.05, 0) is 50.4 Å². The van der Waals surface area contributed by atoms with Gasteiger partial charge in [-0.3, -0.25) is 0 Å². The van der Waals surface area contributed by atoms with Crippen LogP contribution in [0.2, 0.25) is 0 Å². The van der Waals surface area contributed by atoms with Gasteiger partial charge in [-0.15, -0.1) is 11.3 Å². The van der Waals surface area contributed by atoms with Crippen LogP contribution in [0, 0.1) is 11.8 Å². The molecule has 1 aliphatic carbocycles. The topological polar surface area (TPSA) is 12.0 Å². The molecule has 1 atom stereocenters. The molecule has 0 aromatic carbocycles. The second-order valence-electron chi connectivity index (χ2n) is 5.29. The quantitative estimate of drug-likeness (QED) is 0.809. The molecule has 1 nitrogen and oxygen atoms in total. The van der Waals surface area contributed by atoms with Crippen LogP contribution >= 0.6 is 11.3 Å². The van der Waals surface area contributed by atoms with Crippen LogP contribution in [0.5, 0.6) is 0 Å². The van der Waals surface area contributed by atoms with Crippen LogP contribution < -0.4 is 5.32 Å². The predicted molar refractivity (Wildman–Crippen MR) is 76.8 cm³/mol. The summed E-state index contributed by atoms with van der Waals surface area (Å²) in [5.74, 6) is 1.82. The molecule has 0 radical (unpaired) electrons. The van der Waals surface area contributed by atoms with Crippen LogP contribution in [0.3, 0.4) is 0 Å². The average Bonchev–Trinajstić information content (AvgIpc) is 2.99. The number of hydrogen-bond acceptors (Lipinski definition) is 2. The molecular formula is C15H25NS. The van der Waals surface area contributed by atoms with Crippen molar-refractivity contribution < 1.29 is 0 Å². The molecule has 0 saturated heterocycles. The van der Waals surface area contributed by atoms with Crippen molar-refractivity contribution in [3.63, 3.8) is 0 Å². The molecule has 1 saturated carbocycles. The van der Waals surface area contributed by atoms with Crippen LogP contribution in [0.4, 0.5) is 0 Å². The maximum absolute atomic E-state index is 3.39. The van der Waals surface area contributed by atoms with Gasteiger partial charge >= 0.3 is 0 Å². The maximum atomic E-state index is 3.39. The number of rotatable bonds is 6. The van der Waals surface area contributed by atoms with E-state index in [9.17, 15) is 0 Å². The van der Waals surface area contributed by atoms with Crippen LogP contribution in [0.25, 0.3) is 0 Å². The van der Waals surface area contributed by atoms with Crippen molar-refractivity contribution in [1.29, 1.82) is 0 Å². The molecule has 17 heavy (non-hydrogen) atoms. The van der Waals surface area contributed by atoms with Crippen molar-refractivity contribution in [3.8, 4) is 0 Å². The van der Waals surface area contributed by atoms with Crippen molar-refractivity contribution in [3.05, 3.63) is 21.9 Å². The summed E-state index contributed by atoms with van der Waals surface area (Å²) >= 11 is 2.02. The minimum Gasteiger partial charge on any atom is -0.319 e. The Morgan fingerprint density at radius 1 is 1.29 bits per heavy atom. The third-order valence-corrected chi connectivity index (χ3v) is 5.31. The summed E-state index contributed by atoms with van der Waals surface area (Å²) in [6, 6.07) is 4.66. The molecule has 1 N–H and O–H groups in total. The lowest BCUT2D eigenvalue weighted by atomic mass is 9.87. The number of aryl methyl sites for hydroxylation is 1. The fourth-order valence-corrected chi connectivity index (χ4v) is 4.13. The van der Waals surface area contributed by atoms with Crippen LogP contribution in [0.15, 0.2) is 12.1 Å². The molecule has 2 heteroatoms. The predicted octanol–water partition coefficient (Wildman–Crippen LogP) is 3.88. The Morgan fingerprint density at radius 2 is 2.00 bits per heavy atom. The SMILES string of the molecule is CCc1ccc(CC(CNC)C2CCCC2)s1. The Bertz CT molecular complexity index is 325. The average molecular weight is 251 g/mol. The molecular weight excluding hydrogens is 226 g/mol. The molecule has 1 heterocycles. The fourth-order valence-electron chi connectivity index (χ4n) is 3.08. The van der Waals surface area contributed by atoms with E-state index in [-0.39, 0.29) is 0 Å². The summed E-state index contributed by atoms with van der Waals surface area (Å²) in [5.41, 5.74) is 0. The molecule has 1 fully saturated rings. The van der Waals surface area contributed by atoms with Gasteiger partial charge in [0, 0.05) is 9.75 Å². The fraction of sp³-hybridized carbons (Fsp3) is 0.733. The highest BCUT2D eigenvalue weighted by Crippen LogP contribution is 2.34. The van der Waals surface area contributed by atoms with E-state index in [1.807, 2.05) is 11.3 Å². The van der Waals surface area contributed by atoms with Gasteiger partial charge in [0.05, 0.1) is 0 Å². The summed E-state index contributed by atoms with van der Waals surface area (Å²) in [6.07, 6.45) is 8.29. The molecule has 0 spiro atoms. The van der Waals surface area contributed by atoms with E-state index in [1.165, 1.54) is 49.9 Å². The normalized spacial score (nSPS) is 18.7. The highest BCUT2D eigenvalue weighted by molar-refractivity contribution is 7.11. The molecule has 1 aromatic heterocycles. The molecule has 0 aliphatic heterocycles. The Hall–Kier alpha value is -0.340. The van der Waals surface area contributed by atoms with Gasteiger partial charge in [-0.1, -0.05) is 32.6 Å². The summed E-state index contributed by atoms with van der Waals surface area (Å²) in [5, 5.41) is 3.39. The Kier molecular flexibility index (Phi) is 5.05. The van der Waals surface area contributed by atoms with Gasteiger partial charge in [0.1, 0.15) is 0 Å². The van der Waals surface area contributed by atoms with Gasteiger partial charge < -0.3 is 5.32 Å². The second kappa shape index (κ2) is 6.55. The summed E-state index contributed by atoms with van der Waals surface area (Å²) in [4.78, 5) is 3.13.